The molecule has 3 aromatic rings. The quantitative estimate of drug-likeness (QED) is 0.312. The number of allylic oxidation sites excluding steroid dienone is 2. The Balaban J connectivity index is 1.87. The largest absolute Gasteiger partial charge is 0.294 e. The lowest BCUT2D eigenvalue weighted by Crippen LogP contribution is -2.30. The van der Waals surface area contributed by atoms with Crippen LogP contribution in [-0.4, -0.2) is 17.3 Å². The zero-order chi connectivity index (χ0) is 20.5. The van der Waals surface area contributed by atoms with Crippen molar-refractivity contribution in [1.29, 1.82) is 0 Å². The van der Waals surface area contributed by atoms with E-state index in [1.165, 1.54) is 12.2 Å². The highest BCUT2D eigenvalue weighted by Gasteiger charge is 2.31. The van der Waals surface area contributed by atoms with Gasteiger partial charge < -0.3 is 0 Å². The Bertz CT molecular complexity index is 972. The molecule has 0 radical (unpaired) electrons. The fraction of sp³-hybridized carbons (Fsp3) is 0.0385. The van der Waals surface area contributed by atoms with E-state index in [0.717, 1.165) is 11.1 Å². The van der Waals surface area contributed by atoms with Gasteiger partial charge in [-0.1, -0.05) is 103 Å². The van der Waals surface area contributed by atoms with E-state index in [9.17, 15) is 14.4 Å². The van der Waals surface area contributed by atoms with Gasteiger partial charge in [-0.05, 0) is 23.3 Å². The maximum Gasteiger partial charge on any atom is 0.181 e. The fourth-order valence-corrected chi connectivity index (χ4v) is 2.85. The molecule has 0 bridgehead atoms. The van der Waals surface area contributed by atoms with E-state index in [-0.39, 0.29) is 0 Å². The van der Waals surface area contributed by atoms with Crippen molar-refractivity contribution in [2.24, 2.45) is 5.92 Å². The molecule has 3 nitrogen and oxygen atoms in total. The Labute approximate surface area is 170 Å². The minimum absolute atomic E-state index is 0.334. The molecule has 0 saturated heterocycles. The van der Waals surface area contributed by atoms with E-state index in [2.05, 4.69) is 0 Å². The molecule has 29 heavy (non-hydrogen) atoms. The Morgan fingerprint density at radius 3 is 1.34 bits per heavy atom. The van der Waals surface area contributed by atoms with Gasteiger partial charge in [0, 0.05) is 5.56 Å². The average Bonchev–Trinajstić information content (AvgIpc) is 2.78. The topological polar surface area (TPSA) is 51.2 Å². The monoisotopic (exact) mass is 380 g/mol. The number of carbonyl (C=O) groups is 3. The molecule has 0 heterocycles. The van der Waals surface area contributed by atoms with Crippen molar-refractivity contribution in [2.45, 2.75) is 0 Å². The highest BCUT2D eigenvalue weighted by Crippen LogP contribution is 2.15. The first-order chi connectivity index (χ1) is 14.1. The van der Waals surface area contributed by atoms with E-state index in [1.807, 2.05) is 60.7 Å². The first kappa shape index (κ1) is 19.9. The molecule has 0 spiro atoms. The van der Waals surface area contributed by atoms with Crippen LogP contribution in [0.2, 0.25) is 0 Å². The lowest BCUT2D eigenvalue weighted by atomic mass is 9.89. The summed E-state index contributed by atoms with van der Waals surface area (Å²) in [5.74, 6) is -2.98. The highest BCUT2D eigenvalue weighted by molar-refractivity contribution is 6.29. The van der Waals surface area contributed by atoms with Crippen LogP contribution in [0.5, 0.6) is 0 Å². The van der Waals surface area contributed by atoms with Crippen LogP contribution in [-0.2, 0) is 9.59 Å². The molecule has 142 valence electrons. The molecule has 3 heteroatoms. The zero-order valence-electron chi connectivity index (χ0n) is 15.8. The molecule has 0 aliphatic rings. The third kappa shape index (κ3) is 5.56. The minimum atomic E-state index is -1.41. The van der Waals surface area contributed by atoms with Gasteiger partial charge in [-0.3, -0.25) is 14.4 Å². The van der Waals surface area contributed by atoms with Gasteiger partial charge in [-0.25, -0.2) is 0 Å². The summed E-state index contributed by atoms with van der Waals surface area (Å²) >= 11 is 0. The summed E-state index contributed by atoms with van der Waals surface area (Å²) in [4.78, 5) is 38.6. The van der Waals surface area contributed by atoms with Crippen LogP contribution >= 0.6 is 0 Å². The molecular weight excluding hydrogens is 360 g/mol. The van der Waals surface area contributed by atoms with Crippen LogP contribution in [0.1, 0.15) is 21.5 Å². The number of Topliss-reactive ketones (excluding diaryl/α,β-unsaturated/α-hetero) is 1. The summed E-state index contributed by atoms with van der Waals surface area (Å²) < 4.78 is 0. The number of benzene rings is 3. The molecule has 0 saturated carbocycles. The van der Waals surface area contributed by atoms with Crippen molar-refractivity contribution in [3.63, 3.8) is 0 Å². The molecule has 0 N–H and O–H groups in total. The van der Waals surface area contributed by atoms with E-state index in [1.54, 1.807) is 42.5 Å². The second-order valence-corrected chi connectivity index (χ2v) is 6.46. The molecule has 3 aromatic carbocycles. The van der Waals surface area contributed by atoms with Gasteiger partial charge >= 0.3 is 0 Å². The highest BCUT2D eigenvalue weighted by atomic mass is 16.2. The summed E-state index contributed by atoms with van der Waals surface area (Å²) in [6, 6.07) is 26.9. The van der Waals surface area contributed by atoms with Crippen LogP contribution < -0.4 is 0 Å². The van der Waals surface area contributed by atoms with Crippen LogP contribution in [0.4, 0.5) is 0 Å². The third-order valence-electron chi connectivity index (χ3n) is 4.37. The zero-order valence-corrected chi connectivity index (χ0v) is 15.8. The van der Waals surface area contributed by atoms with Crippen molar-refractivity contribution >= 4 is 29.5 Å². The minimum Gasteiger partial charge on any atom is -0.294 e. The number of rotatable bonds is 8. The standard InChI is InChI=1S/C26H20O3/c27-23(18-16-20-10-4-1-5-11-20)25(26(29)22-14-8-3-9-15-22)24(28)19-17-21-12-6-2-7-13-21/h1-19,25H/b18-16-,19-17+. The molecule has 0 aromatic heterocycles. The fourth-order valence-electron chi connectivity index (χ4n) is 2.85. The van der Waals surface area contributed by atoms with Crippen LogP contribution in [0.15, 0.2) is 103 Å². The first-order valence-electron chi connectivity index (χ1n) is 9.28. The maximum atomic E-state index is 12.9. The normalized spacial score (nSPS) is 12.1. The smallest absolute Gasteiger partial charge is 0.181 e. The Kier molecular flexibility index (Phi) is 6.80. The summed E-state index contributed by atoms with van der Waals surface area (Å²) in [6.45, 7) is 0. The molecule has 0 aliphatic carbocycles. The second kappa shape index (κ2) is 9.90. The lowest BCUT2D eigenvalue weighted by molar-refractivity contribution is -0.125. The van der Waals surface area contributed by atoms with Gasteiger partial charge in [0.25, 0.3) is 0 Å². The van der Waals surface area contributed by atoms with Gasteiger partial charge in [0.2, 0.25) is 0 Å². The molecule has 3 rings (SSSR count). The van der Waals surface area contributed by atoms with Gasteiger partial charge in [0.05, 0.1) is 0 Å². The predicted molar refractivity (Wildman–Crippen MR) is 115 cm³/mol. The number of carbonyl (C=O) groups excluding carboxylic acids is 3. The van der Waals surface area contributed by atoms with E-state index < -0.39 is 23.3 Å². The van der Waals surface area contributed by atoms with Crippen LogP contribution in [0.25, 0.3) is 12.2 Å². The van der Waals surface area contributed by atoms with Gasteiger partial charge in [-0.2, -0.15) is 0 Å². The molecule has 1 atom stereocenters. The van der Waals surface area contributed by atoms with Crippen molar-refractivity contribution in [3.8, 4) is 0 Å². The number of hydrogen-bond acceptors (Lipinski definition) is 3. The Hall–Kier alpha value is -3.85. The van der Waals surface area contributed by atoms with E-state index >= 15 is 0 Å². The van der Waals surface area contributed by atoms with Gasteiger partial charge in [0.1, 0.15) is 5.92 Å². The van der Waals surface area contributed by atoms with Crippen LogP contribution in [0, 0.1) is 5.92 Å². The van der Waals surface area contributed by atoms with E-state index in [0.29, 0.717) is 5.56 Å². The molecule has 0 fully saturated rings. The lowest BCUT2D eigenvalue weighted by Gasteiger charge is -2.10. The van der Waals surface area contributed by atoms with Crippen molar-refractivity contribution < 1.29 is 14.4 Å². The van der Waals surface area contributed by atoms with Crippen molar-refractivity contribution in [1.82, 2.24) is 0 Å². The summed E-state index contributed by atoms with van der Waals surface area (Å²) in [6.07, 6.45) is 5.83. The second-order valence-electron chi connectivity index (χ2n) is 6.46. The summed E-state index contributed by atoms with van der Waals surface area (Å²) in [7, 11) is 0. The van der Waals surface area contributed by atoms with Crippen LogP contribution in [0.3, 0.4) is 0 Å². The average molecular weight is 380 g/mol. The Morgan fingerprint density at radius 1 is 0.552 bits per heavy atom. The molecule has 1 unspecified atom stereocenters. The summed E-state index contributed by atoms with van der Waals surface area (Å²) in [5.41, 5.74) is 1.97. The summed E-state index contributed by atoms with van der Waals surface area (Å²) in [5, 5.41) is 0. The number of hydrogen-bond donors (Lipinski definition) is 0. The molecule has 0 aliphatic heterocycles. The first-order valence-corrected chi connectivity index (χ1v) is 9.28. The van der Waals surface area contributed by atoms with Gasteiger partial charge in [0.15, 0.2) is 17.3 Å². The molecular formula is C26H20O3. The third-order valence-corrected chi connectivity index (χ3v) is 4.37. The molecule has 0 amide bonds. The van der Waals surface area contributed by atoms with Crippen molar-refractivity contribution in [2.75, 3.05) is 0 Å². The van der Waals surface area contributed by atoms with E-state index in [4.69, 9.17) is 0 Å². The Morgan fingerprint density at radius 2 is 0.931 bits per heavy atom. The SMILES string of the molecule is O=C(/C=C\c1ccccc1)C(C(=O)/C=C/c1ccccc1)C(=O)c1ccccc1. The van der Waals surface area contributed by atoms with Crippen molar-refractivity contribution in [3.05, 3.63) is 120 Å². The maximum absolute atomic E-state index is 12.9. The predicted octanol–water partition coefficient (Wildman–Crippen LogP) is 5.05. The number of ketones is 3. The van der Waals surface area contributed by atoms with Gasteiger partial charge in [-0.15, -0.1) is 0 Å².